The Morgan fingerprint density at radius 1 is 1.33 bits per heavy atom. The number of hydrogen-bond donors (Lipinski definition) is 1. The maximum absolute atomic E-state index is 6.27. The van der Waals surface area contributed by atoms with Gasteiger partial charge in [0.05, 0.1) is 11.6 Å². The molecule has 1 aromatic rings. The van der Waals surface area contributed by atoms with Crippen LogP contribution in [0.4, 0.5) is 5.69 Å². The second-order valence-electron chi connectivity index (χ2n) is 6.22. The SMILES string of the molecule is CCCCN(c1ccccc1)C1(CN)CCCC(OC)C1. The Balaban J connectivity index is 2.27. The summed E-state index contributed by atoms with van der Waals surface area (Å²) in [5.41, 5.74) is 7.62. The largest absolute Gasteiger partial charge is 0.381 e. The van der Waals surface area contributed by atoms with Gasteiger partial charge in [0.15, 0.2) is 0 Å². The quantitative estimate of drug-likeness (QED) is 0.834. The Labute approximate surface area is 129 Å². The molecule has 1 fully saturated rings. The highest BCUT2D eigenvalue weighted by Crippen LogP contribution is 2.37. The van der Waals surface area contributed by atoms with Crippen molar-refractivity contribution < 1.29 is 4.74 Å². The summed E-state index contributed by atoms with van der Waals surface area (Å²) in [4.78, 5) is 2.56. The van der Waals surface area contributed by atoms with E-state index in [4.69, 9.17) is 10.5 Å². The second kappa shape index (κ2) is 7.81. The van der Waals surface area contributed by atoms with Crippen molar-refractivity contribution in [3.8, 4) is 0 Å². The molecule has 2 N–H and O–H groups in total. The average molecular weight is 290 g/mol. The standard InChI is InChI=1S/C18H30N2O/c1-3-4-13-20(16-9-6-5-7-10-16)18(15-19)12-8-11-17(14-18)21-2/h5-7,9-10,17H,3-4,8,11-15,19H2,1-2H3. The fraction of sp³-hybridized carbons (Fsp3) is 0.667. The van der Waals surface area contributed by atoms with Crippen LogP contribution in [0.25, 0.3) is 0 Å². The molecule has 118 valence electrons. The zero-order valence-electron chi connectivity index (χ0n) is 13.6. The Morgan fingerprint density at radius 3 is 2.71 bits per heavy atom. The fourth-order valence-electron chi connectivity index (χ4n) is 3.59. The lowest BCUT2D eigenvalue weighted by Gasteiger charge is -2.49. The predicted octanol–water partition coefficient (Wildman–Crippen LogP) is 3.58. The van der Waals surface area contributed by atoms with Gasteiger partial charge in [-0.1, -0.05) is 31.5 Å². The van der Waals surface area contributed by atoms with E-state index >= 15 is 0 Å². The molecule has 0 amide bonds. The Morgan fingerprint density at radius 2 is 2.10 bits per heavy atom. The summed E-state index contributed by atoms with van der Waals surface area (Å²) >= 11 is 0. The predicted molar refractivity (Wildman–Crippen MR) is 89.7 cm³/mol. The third-order valence-electron chi connectivity index (χ3n) is 4.86. The van der Waals surface area contributed by atoms with Crippen molar-refractivity contribution in [2.24, 2.45) is 5.73 Å². The van der Waals surface area contributed by atoms with Gasteiger partial charge in [0.2, 0.25) is 0 Å². The van der Waals surface area contributed by atoms with E-state index in [0.717, 1.165) is 19.4 Å². The average Bonchev–Trinajstić information content (AvgIpc) is 2.56. The number of anilines is 1. The third kappa shape index (κ3) is 3.78. The Hall–Kier alpha value is -1.06. The minimum atomic E-state index is 0.0510. The van der Waals surface area contributed by atoms with Crippen molar-refractivity contribution in [3.63, 3.8) is 0 Å². The molecule has 2 atom stereocenters. The lowest BCUT2D eigenvalue weighted by molar-refractivity contribution is 0.0409. The van der Waals surface area contributed by atoms with Crippen molar-refractivity contribution >= 4 is 5.69 Å². The minimum Gasteiger partial charge on any atom is -0.381 e. The first-order valence-corrected chi connectivity index (χ1v) is 8.31. The molecule has 0 saturated heterocycles. The number of ether oxygens (including phenoxy) is 1. The molecule has 0 aromatic heterocycles. The highest BCUT2D eigenvalue weighted by atomic mass is 16.5. The van der Waals surface area contributed by atoms with Crippen LogP contribution < -0.4 is 10.6 Å². The molecule has 3 nitrogen and oxygen atoms in total. The highest BCUT2D eigenvalue weighted by Gasteiger charge is 2.40. The molecule has 3 heteroatoms. The lowest BCUT2D eigenvalue weighted by Crippen LogP contribution is -2.58. The molecular formula is C18H30N2O. The first kappa shape index (κ1) is 16.3. The highest BCUT2D eigenvalue weighted by molar-refractivity contribution is 5.49. The van der Waals surface area contributed by atoms with Gasteiger partial charge in [-0.25, -0.2) is 0 Å². The normalized spacial score (nSPS) is 25.8. The van der Waals surface area contributed by atoms with Crippen LogP contribution in [0.15, 0.2) is 30.3 Å². The zero-order chi connectivity index (χ0) is 15.1. The van der Waals surface area contributed by atoms with Crippen LogP contribution in [0.2, 0.25) is 0 Å². The van der Waals surface area contributed by atoms with Gasteiger partial charge in [-0.2, -0.15) is 0 Å². The van der Waals surface area contributed by atoms with E-state index in [1.807, 2.05) is 7.11 Å². The Kier molecular flexibility index (Phi) is 6.07. The van der Waals surface area contributed by atoms with E-state index in [1.165, 1.54) is 31.4 Å². The number of nitrogens with two attached hydrogens (primary N) is 1. The number of nitrogens with zero attached hydrogens (tertiary/aromatic N) is 1. The monoisotopic (exact) mass is 290 g/mol. The van der Waals surface area contributed by atoms with Gasteiger partial charge in [-0.15, -0.1) is 0 Å². The molecular weight excluding hydrogens is 260 g/mol. The van der Waals surface area contributed by atoms with E-state index in [1.54, 1.807) is 0 Å². The summed E-state index contributed by atoms with van der Waals surface area (Å²) in [6.45, 7) is 4.02. The molecule has 2 rings (SSSR count). The van der Waals surface area contributed by atoms with Crippen molar-refractivity contribution in [1.29, 1.82) is 0 Å². The van der Waals surface area contributed by atoms with E-state index in [0.29, 0.717) is 12.6 Å². The number of benzene rings is 1. The molecule has 0 bridgehead atoms. The van der Waals surface area contributed by atoms with Crippen molar-refractivity contribution in [2.45, 2.75) is 57.1 Å². The van der Waals surface area contributed by atoms with Gasteiger partial charge in [0.25, 0.3) is 0 Å². The summed E-state index contributed by atoms with van der Waals surface area (Å²) in [5.74, 6) is 0. The summed E-state index contributed by atoms with van der Waals surface area (Å²) in [7, 11) is 1.83. The molecule has 0 heterocycles. The molecule has 1 aliphatic rings. The number of methoxy groups -OCH3 is 1. The number of rotatable bonds is 7. The van der Waals surface area contributed by atoms with Gasteiger partial charge < -0.3 is 15.4 Å². The van der Waals surface area contributed by atoms with Crippen molar-refractivity contribution in [1.82, 2.24) is 0 Å². The van der Waals surface area contributed by atoms with Crippen LogP contribution in [0.5, 0.6) is 0 Å². The Bertz CT molecular complexity index is 409. The van der Waals surface area contributed by atoms with Crippen LogP contribution in [0, 0.1) is 0 Å². The number of para-hydroxylation sites is 1. The molecule has 21 heavy (non-hydrogen) atoms. The summed E-state index contributed by atoms with van der Waals surface area (Å²) in [5, 5.41) is 0. The third-order valence-corrected chi connectivity index (χ3v) is 4.86. The van der Waals surface area contributed by atoms with Crippen LogP contribution in [-0.2, 0) is 4.74 Å². The molecule has 0 aliphatic heterocycles. The van der Waals surface area contributed by atoms with Crippen LogP contribution >= 0.6 is 0 Å². The molecule has 0 spiro atoms. The van der Waals surface area contributed by atoms with Gasteiger partial charge in [-0.3, -0.25) is 0 Å². The van der Waals surface area contributed by atoms with Crippen molar-refractivity contribution in [3.05, 3.63) is 30.3 Å². The van der Waals surface area contributed by atoms with Crippen LogP contribution in [0.3, 0.4) is 0 Å². The van der Waals surface area contributed by atoms with Gasteiger partial charge in [-0.05, 0) is 44.2 Å². The van der Waals surface area contributed by atoms with E-state index in [2.05, 4.69) is 42.2 Å². The van der Waals surface area contributed by atoms with E-state index in [-0.39, 0.29) is 5.54 Å². The maximum atomic E-state index is 6.27. The minimum absolute atomic E-state index is 0.0510. The topological polar surface area (TPSA) is 38.5 Å². The zero-order valence-corrected chi connectivity index (χ0v) is 13.6. The summed E-state index contributed by atoms with van der Waals surface area (Å²) in [6, 6.07) is 10.7. The van der Waals surface area contributed by atoms with Crippen molar-refractivity contribution in [2.75, 3.05) is 25.1 Å². The van der Waals surface area contributed by atoms with Gasteiger partial charge in [0.1, 0.15) is 0 Å². The summed E-state index contributed by atoms with van der Waals surface area (Å²) in [6.07, 6.45) is 7.32. The van der Waals surface area contributed by atoms with Crippen LogP contribution in [-0.4, -0.2) is 31.8 Å². The fourth-order valence-corrected chi connectivity index (χ4v) is 3.59. The van der Waals surface area contributed by atoms with Gasteiger partial charge >= 0.3 is 0 Å². The summed E-state index contributed by atoms with van der Waals surface area (Å²) < 4.78 is 5.66. The van der Waals surface area contributed by atoms with Crippen LogP contribution in [0.1, 0.15) is 45.4 Å². The molecule has 0 radical (unpaired) electrons. The smallest absolute Gasteiger partial charge is 0.0594 e. The molecule has 1 aliphatic carbocycles. The molecule has 1 aromatic carbocycles. The first-order valence-electron chi connectivity index (χ1n) is 8.31. The molecule has 1 saturated carbocycles. The first-order chi connectivity index (χ1) is 10.3. The second-order valence-corrected chi connectivity index (χ2v) is 6.22. The van der Waals surface area contributed by atoms with Gasteiger partial charge in [0, 0.05) is 25.9 Å². The lowest BCUT2D eigenvalue weighted by atomic mass is 9.78. The molecule has 2 unspecified atom stereocenters. The number of hydrogen-bond acceptors (Lipinski definition) is 3. The van der Waals surface area contributed by atoms with E-state index in [9.17, 15) is 0 Å². The van der Waals surface area contributed by atoms with E-state index < -0.39 is 0 Å². The maximum Gasteiger partial charge on any atom is 0.0594 e. The number of unbranched alkanes of at least 4 members (excludes halogenated alkanes) is 1.